The van der Waals surface area contributed by atoms with Gasteiger partial charge < -0.3 is 25.7 Å². The Kier molecular flexibility index (Phi) is 14.0. The Bertz CT molecular complexity index is 491. The van der Waals surface area contributed by atoms with Crippen LogP contribution in [0.4, 0.5) is 0 Å². The number of nitrogens with zero attached hydrogens (tertiary/aromatic N) is 1. The Morgan fingerprint density at radius 2 is 1.44 bits per heavy atom. The monoisotopic (exact) mass is 380 g/mol. The first-order valence-corrected chi connectivity index (χ1v) is 10.1. The van der Waals surface area contributed by atoms with Crippen LogP contribution in [0.3, 0.4) is 0 Å². The largest absolute Gasteiger partial charge is 0.378 e. The van der Waals surface area contributed by atoms with E-state index in [4.69, 9.17) is 10.5 Å². The van der Waals surface area contributed by atoms with Gasteiger partial charge in [0, 0.05) is 44.9 Å². The number of nitrogens with two attached hydrogens (primary N) is 1. The molecule has 0 aliphatic carbocycles. The first kappa shape index (κ1) is 23.2. The van der Waals surface area contributed by atoms with Gasteiger partial charge in [0.05, 0.1) is 13.2 Å². The molecule has 0 aromatic carbocycles. The third-order valence-corrected chi connectivity index (χ3v) is 4.24. The van der Waals surface area contributed by atoms with E-state index in [2.05, 4.69) is 15.2 Å². The van der Waals surface area contributed by atoms with Gasteiger partial charge in [0.2, 0.25) is 11.8 Å². The number of unbranched alkanes of at least 4 members (excludes halogenated alkanes) is 4. The maximum atomic E-state index is 11.7. The number of ether oxygens (including phenoxy) is 1. The van der Waals surface area contributed by atoms with E-state index in [9.17, 15) is 9.59 Å². The quantitative estimate of drug-likeness (QED) is 0.359. The van der Waals surface area contributed by atoms with Crippen LogP contribution in [0.25, 0.3) is 0 Å². The zero-order valence-corrected chi connectivity index (χ0v) is 16.5. The molecule has 0 aliphatic rings. The molecule has 27 heavy (non-hydrogen) atoms. The van der Waals surface area contributed by atoms with Gasteiger partial charge in [-0.2, -0.15) is 0 Å². The van der Waals surface area contributed by atoms with Gasteiger partial charge in [0.15, 0.2) is 0 Å². The molecule has 7 nitrogen and oxygen atoms in total. The average Bonchev–Trinajstić information content (AvgIpc) is 3.18. The lowest BCUT2D eigenvalue weighted by molar-refractivity contribution is -0.122. The summed E-state index contributed by atoms with van der Waals surface area (Å²) in [4.78, 5) is 23.3. The maximum Gasteiger partial charge on any atom is 0.220 e. The maximum absolute atomic E-state index is 11.7. The molecule has 0 aliphatic heterocycles. The van der Waals surface area contributed by atoms with Gasteiger partial charge in [-0.05, 0) is 44.4 Å². The number of nitrogens with one attached hydrogen (secondary N) is 2. The molecular formula is C20H36N4O3. The Morgan fingerprint density at radius 3 is 2.11 bits per heavy atom. The fraction of sp³-hybridized carbons (Fsp3) is 0.700. The van der Waals surface area contributed by atoms with Crippen molar-refractivity contribution in [1.29, 1.82) is 0 Å². The standard InChI is InChI=1S/C20H36N4O3/c21-11-5-1-3-9-19(25)22-12-6-2-4-10-20(26)23-13-17-27-18-16-24-14-7-8-15-24/h7-8,14-15H,1-6,9-13,16-18,21H2,(H,22,25)(H,23,26). The van der Waals surface area contributed by atoms with E-state index in [1.807, 2.05) is 24.5 Å². The molecule has 0 bridgehead atoms. The number of carbonyl (C=O) groups is 2. The summed E-state index contributed by atoms with van der Waals surface area (Å²) in [7, 11) is 0. The summed E-state index contributed by atoms with van der Waals surface area (Å²) < 4.78 is 7.56. The van der Waals surface area contributed by atoms with Crippen LogP contribution in [-0.4, -0.2) is 49.2 Å². The molecular weight excluding hydrogens is 344 g/mol. The molecule has 1 rings (SSSR count). The van der Waals surface area contributed by atoms with Crippen molar-refractivity contribution in [2.24, 2.45) is 5.73 Å². The minimum Gasteiger partial charge on any atom is -0.378 e. The molecule has 7 heteroatoms. The molecule has 2 amide bonds. The topological polar surface area (TPSA) is 98.4 Å². The number of rotatable bonds is 17. The summed E-state index contributed by atoms with van der Waals surface area (Å²) in [5, 5.41) is 5.79. The molecule has 0 saturated carbocycles. The summed E-state index contributed by atoms with van der Waals surface area (Å²) in [6.45, 7) is 3.92. The molecule has 1 aromatic rings. The lowest BCUT2D eigenvalue weighted by Crippen LogP contribution is -2.27. The number of carbonyl (C=O) groups excluding carboxylic acids is 2. The lowest BCUT2D eigenvalue weighted by Gasteiger charge is -2.08. The van der Waals surface area contributed by atoms with Crippen LogP contribution in [0, 0.1) is 0 Å². The summed E-state index contributed by atoms with van der Waals surface area (Å²) in [6, 6.07) is 3.97. The molecule has 0 atom stereocenters. The lowest BCUT2D eigenvalue weighted by atomic mass is 10.1. The first-order valence-electron chi connectivity index (χ1n) is 10.1. The molecule has 0 spiro atoms. The van der Waals surface area contributed by atoms with E-state index >= 15 is 0 Å². The Morgan fingerprint density at radius 1 is 0.815 bits per heavy atom. The third-order valence-electron chi connectivity index (χ3n) is 4.24. The van der Waals surface area contributed by atoms with Crippen LogP contribution in [-0.2, 0) is 20.9 Å². The molecule has 0 saturated heterocycles. The minimum absolute atomic E-state index is 0.0629. The molecule has 1 heterocycles. The highest BCUT2D eigenvalue weighted by atomic mass is 16.5. The van der Waals surface area contributed by atoms with Crippen molar-refractivity contribution in [2.75, 3.05) is 32.8 Å². The van der Waals surface area contributed by atoms with E-state index in [1.54, 1.807) is 0 Å². The zero-order valence-electron chi connectivity index (χ0n) is 16.5. The first-order chi connectivity index (χ1) is 13.2. The normalized spacial score (nSPS) is 10.7. The number of aromatic nitrogens is 1. The highest BCUT2D eigenvalue weighted by Crippen LogP contribution is 2.01. The van der Waals surface area contributed by atoms with Gasteiger partial charge in [-0.15, -0.1) is 0 Å². The van der Waals surface area contributed by atoms with Gasteiger partial charge in [-0.3, -0.25) is 9.59 Å². The molecule has 0 fully saturated rings. The van der Waals surface area contributed by atoms with Crippen molar-refractivity contribution in [3.05, 3.63) is 24.5 Å². The predicted molar refractivity (Wildman–Crippen MR) is 107 cm³/mol. The fourth-order valence-electron chi connectivity index (χ4n) is 2.65. The second-order valence-electron chi connectivity index (χ2n) is 6.64. The fourth-order valence-corrected chi connectivity index (χ4v) is 2.65. The smallest absolute Gasteiger partial charge is 0.220 e. The summed E-state index contributed by atoms with van der Waals surface area (Å²) in [5.74, 6) is 0.175. The average molecular weight is 381 g/mol. The van der Waals surface area contributed by atoms with Crippen molar-refractivity contribution < 1.29 is 14.3 Å². The summed E-state index contributed by atoms with van der Waals surface area (Å²) in [5.41, 5.74) is 5.42. The molecule has 4 N–H and O–H groups in total. The highest BCUT2D eigenvalue weighted by Gasteiger charge is 2.02. The van der Waals surface area contributed by atoms with Crippen LogP contribution in [0.15, 0.2) is 24.5 Å². The van der Waals surface area contributed by atoms with Crippen molar-refractivity contribution in [1.82, 2.24) is 15.2 Å². The number of amides is 2. The molecule has 1 aromatic heterocycles. The summed E-state index contributed by atoms with van der Waals surface area (Å²) in [6.07, 6.45) is 10.7. The van der Waals surface area contributed by atoms with E-state index in [0.717, 1.165) is 45.1 Å². The van der Waals surface area contributed by atoms with Crippen LogP contribution in [0.2, 0.25) is 0 Å². The SMILES string of the molecule is NCCCCCC(=O)NCCCCCC(=O)NCCOCCn1cccc1. The van der Waals surface area contributed by atoms with E-state index < -0.39 is 0 Å². The minimum atomic E-state index is 0.0629. The highest BCUT2D eigenvalue weighted by molar-refractivity contribution is 5.76. The second kappa shape index (κ2) is 16.3. The van der Waals surface area contributed by atoms with Gasteiger partial charge in [0.1, 0.15) is 0 Å². The van der Waals surface area contributed by atoms with Gasteiger partial charge >= 0.3 is 0 Å². The Hall–Kier alpha value is -1.86. The van der Waals surface area contributed by atoms with Gasteiger partial charge in [-0.25, -0.2) is 0 Å². The van der Waals surface area contributed by atoms with Crippen molar-refractivity contribution in [2.45, 2.75) is 57.9 Å². The number of hydrogen-bond donors (Lipinski definition) is 3. The van der Waals surface area contributed by atoms with Crippen molar-refractivity contribution >= 4 is 11.8 Å². The van der Waals surface area contributed by atoms with Crippen LogP contribution in [0.1, 0.15) is 51.4 Å². The molecule has 0 radical (unpaired) electrons. The van der Waals surface area contributed by atoms with Crippen LogP contribution in [0.5, 0.6) is 0 Å². The van der Waals surface area contributed by atoms with Crippen LogP contribution < -0.4 is 16.4 Å². The van der Waals surface area contributed by atoms with Gasteiger partial charge in [0.25, 0.3) is 0 Å². The van der Waals surface area contributed by atoms with Gasteiger partial charge in [-0.1, -0.05) is 12.8 Å². The molecule has 0 unspecified atom stereocenters. The Labute approximate surface area is 163 Å². The van der Waals surface area contributed by atoms with E-state index in [0.29, 0.717) is 45.7 Å². The zero-order chi connectivity index (χ0) is 19.6. The molecule has 154 valence electrons. The van der Waals surface area contributed by atoms with E-state index in [-0.39, 0.29) is 11.8 Å². The second-order valence-corrected chi connectivity index (χ2v) is 6.64. The van der Waals surface area contributed by atoms with Crippen LogP contribution >= 0.6 is 0 Å². The number of hydrogen-bond acceptors (Lipinski definition) is 4. The Balaban J connectivity index is 1.82. The van der Waals surface area contributed by atoms with E-state index in [1.165, 1.54) is 0 Å². The third kappa shape index (κ3) is 13.9. The van der Waals surface area contributed by atoms with Crippen molar-refractivity contribution in [3.8, 4) is 0 Å². The predicted octanol–water partition coefficient (Wildman–Crippen LogP) is 1.82. The summed E-state index contributed by atoms with van der Waals surface area (Å²) >= 11 is 0. The van der Waals surface area contributed by atoms with Crippen molar-refractivity contribution in [3.63, 3.8) is 0 Å².